The third-order valence-corrected chi connectivity index (χ3v) is 5.85. The van der Waals surface area contributed by atoms with Gasteiger partial charge in [0.15, 0.2) is 0 Å². The Bertz CT molecular complexity index is 1190. The third kappa shape index (κ3) is 3.56. The summed E-state index contributed by atoms with van der Waals surface area (Å²) in [5, 5.41) is 18.9. The van der Waals surface area contributed by atoms with E-state index in [1.54, 1.807) is 23.5 Å². The van der Waals surface area contributed by atoms with Crippen molar-refractivity contribution in [3.63, 3.8) is 0 Å². The highest BCUT2D eigenvalue weighted by molar-refractivity contribution is 7.18. The van der Waals surface area contributed by atoms with Crippen molar-refractivity contribution in [1.29, 1.82) is 0 Å². The molecular weight excluding hydrogens is 394 g/mol. The largest absolute Gasteiger partial charge is 0.507 e. The van der Waals surface area contributed by atoms with Gasteiger partial charge in [0, 0.05) is 27.5 Å². The molecule has 1 N–H and O–H groups in total. The summed E-state index contributed by atoms with van der Waals surface area (Å²) in [6.07, 6.45) is 3.72. The van der Waals surface area contributed by atoms with E-state index in [-0.39, 0.29) is 11.3 Å². The van der Waals surface area contributed by atoms with Crippen LogP contribution in [0.5, 0.6) is 11.5 Å². The number of nitrogens with zero attached hydrogens (tertiary/aromatic N) is 3. The molecule has 4 rings (SSSR count). The minimum absolute atomic E-state index is 0.0363. The van der Waals surface area contributed by atoms with E-state index >= 15 is 0 Å². The summed E-state index contributed by atoms with van der Waals surface area (Å²) in [4.78, 5) is 19.0. The number of fused-ring (bicyclic) bond motifs is 1. The molecule has 3 aromatic heterocycles. The average molecular weight is 412 g/mol. The summed E-state index contributed by atoms with van der Waals surface area (Å²) in [6.45, 7) is 2.60. The molecule has 0 spiro atoms. The van der Waals surface area contributed by atoms with Gasteiger partial charge in [0.05, 0.1) is 18.2 Å². The van der Waals surface area contributed by atoms with E-state index in [0.717, 1.165) is 16.9 Å². The maximum atomic E-state index is 12.9. The number of benzene rings is 1. The monoisotopic (exact) mass is 411 g/mol. The van der Waals surface area contributed by atoms with Gasteiger partial charge >= 0.3 is 0 Å². The van der Waals surface area contributed by atoms with Crippen molar-refractivity contribution < 1.29 is 9.84 Å². The van der Waals surface area contributed by atoms with E-state index in [4.69, 9.17) is 4.74 Å². The maximum Gasteiger partial charge on any atom is 0.283 e. The van der Waals surface area contributed by atoms with Gasteiger partial charge in [0.1, 0.15) is 22.7 Å². The first-order valence-corrected chi connectivity index (χ1v) is 10.5. The van der Waals surface area contributed by atoms with Crippen molar-refractivity contribution in [3.05, 3.63) is 63.3 Å². The summed E-state index contributed by atoms with van der Waals surface area (Å²) in [7, 11) is 0. The molecule has 28 heavy (non-hydrogen) atoms. The van der Waals surface area contributed by atoms with Gasteiger partial charge in [-0.05, 0) is 30.0 Å². The second kappa shape index (κ2) is 7.95. The van der Waals surface area contributed by atoms with E-state index in [1.165, 1.54) is 34.6 Å². The fourth-order valence-corrected chi connectivity index (χ4v) is 4.41. The van der Waals surface area contributed by atoms with Crippen LogP contribution in [0.25, 0.3) is 20.7 Å². The average Bonchev–Trinajstić information content (AvgIpc) is 3.36. The third-order valence-electron chi connectivity index (χ3n) is 4.06. The van der Waals surface area contributed by atoms with Crippen LogP contribution in [0.3, 0.4) is 0 Å². The summed E-state index contributed by atoms with van der Waals surface area (Å²) in [5.41, 5.74) is 1.12. The molecule has 6 nitrogen and oxygen atoms in total. The van der Waals surface area contributed by atoms with Crippen molar-refractivity contribution in [2.24, 2.45) is 5.10 Å². The van der Waals surface area contributed by atoms with Gasteiger partial charge in [-0.25, -0.2) is 4.98 Å². The first kappa shape index (κ1) is 18.4. The SMILES string of the molecule is CCCOc1ccc(/C=N/n2cnc3scc(-c4cccs4)c3c2=O)c(O)c1. The highest BCUT2D eigenvalue weighted by Gasteiger charge is 2.13. The van der Waals surface area contributed by atoms with Gasteiger partial charge in [0.25, 0.3) is 5.56 Å². The molecule has 0 saturated carbocycles. The molecule has 0 fully saturated rings. The number of aromatic hydroxyl groups is 1. The lowest BCUT2D eigenvalue weighted by Crippen LogP contribution is -2.16. The number of aromatic nitrogens is 2. The highest BCUT2D eigenvalue weighted by atomic mass is 32.1. The van der Waals surface area contributed by atoms with Crippen LogP contribution < -0.4 is 10.3 Å². The quantitative estimate of drug-likeness (QED) is 0.472. The molecule has 0 aliphatic carbocycles. The molecule has 142 valence electrons. The zero-order chi connectivity index (χ0) is 19.5. The van der Waals surface area contributed by atoms with Gasteiger partial charge in [-0.15, -0.1) is 22.7 Å². The number of hydrogen-bond acceptors (Lipinski definition) is 7. The molecule has 4 aromatic rings. The van der Waals surface area contributed by atoms with Crippen LogP contribution in [0.2, 0.25) is 0 Å². The van der Waals surface area contributed by atoms with Crippen molar-refractivity contribution in [2.45, 2.75) is 13.3 Å². The normalized spacial score (nSPS) is 11.5. The molecule has 3 heterocycles. The maximum absolute atomic E-state index is 12.9. The molecule has 0 unspecified atom stereocenters. The van der Waals surface area contributed by atoms with Crippen LogP contribution >= 0.6 is 22.7 Å². The summed E-state index contributed by atoms with van der Waals surface area (Å²) in [5.74, 6) is 0.630. The van der Waals surface area contributed by atoms with Crippen molar-refractivity contribution >= 4 is 39.1 Å². The molecule has 0 saturated heterocycles. The molecule has 0 amide bonds. The lowest BCUT2D eigenvalue weighted by molar-refractivity contribution is 0.315. The van der Waals surface area contributed by atoms with Crippen molar-refractivity contribution in [2.75, 3.05) is 6.61 Å². The van der Waals surface area contributed by atoms with E-state index < -0.39 is 0 Å². The molecule has 0 radical (unpaired) electrons. The summed E-state index contributed by atoms with van der Waals surface area (Å²) < 4.78 is 6.68. The Morgan fingerprint density at radius 1 is 1.32 bits per heavy atom. The van der Waals surface area contributed by atoms with Gasteiger partial charge in [-0.2, -0.15) is 9.78 Å². The number of rotatable bonds is 6. The number of phenolic OH excluding ortho intramolecular Hbond substituents is 1. The topological polar surface area (TPSA) is 76.7 Å². The Labute approximate surface area is 169 Å². The van der Waals surface area contributed by atoms with E-state index in [2.05, 4.69) is 10.1 Å². The minimum Gasteiger partial charge on any atom is -0.507 e. The molecule has 0 aliphatic heterocycles. The molecule has 8 heteroatoms. The minimum atomic E-state index is -0.242. The first-order valence-electron chi connectivity index (χ1n) is 8.70. The van der Waals surface area contributed by atoms with E-state index in [9.17, 15) is 9.90 Å². The van der Waals surface area contributed by atoms with Gasteiger partial charge < -0.3 is 9.84 Å². The first-order chi connectivity index (χ1) is 13.7. The van der Waals surface area contributed by atoms with Crippen LogP contribution in [0.1, 0.15) is 18.9 Å². The number of phenols is 1. The van der Waals surface area contributed by atoms with Gasteiger partial charge in [-0.3, -0.25) is 4.79 Å². The Morgan fingerprint density at radius 3 is 2.96 bits per heavy atom. The number of ether oxygens (including phenoxy) is 1. The van der Waals surface area contributed by atoms with Crippen LogP contribution in [0.4, 0.5) is 0 Å². The van der Waals surface area contributed by atoms with Crippen molar-refractivity contribution in [1.82, 2.24) is 9.66 Å². The summed E-state index contributed by atoms with van der Waals surface area (Å²) in [6, 6.07) is 8.92. The predicted octanol–water partition coefficient (Wildman–Crippen LogP) is 4.56. The fraction of sp³-hybridized carbons (Fsp3) is 0.150. The second-order valence-corrected chi connectivity index (χ2v) is 7.82. The highest BCUT2D eigenvalue weighted by Crippen LogP contribution is 2.33. The molecule has 0 atom stereocenters. The van der Waals surface area contributed by atoms with E-state index in [0.29, 0.717) is 28.1 Å². The lowest BCUT2D eigenvalue weighted by atomic mass is 10.2. The zero-order valence-corrected chi connectivity index (χ0v) is 16.7. The van der Waals surface area contributed by atoms with E-state index in [1.807, 2.05) is 29.8 Å². The van der Waals surface area contributed by atoms with Crippen LogP contribution in [0, 0.1) is 0 Å². The van der Waals surface area contributed by atoms with Crippen molar-refractivity contribution in [3.8, 4) is 21.9 Å². The van der Waals surface area contributed by atoms with Crippen LogP contribution in [-0.2, 0) is 0 Å². The second-order valence-electron chi connectivity index (χ2n) is 6.01. The molecule has 0 aliphatic rings. The zero-order valence-electron chi connectivity index (χ0n) is 15.0. The lowest BCUT2D eigenvalue weighted by Gasteiger charge is -2.06. The predicted molar refractivity (Wildman–Crippen MR) is 114 cm³/mol. The Morgan fingerprint density at radius 2 is 2.21 bits per heavy atom. The van der Waals surface area contributed by atoms with Crippen LogP contribution in [-0.4, -0.2) is 27.6 Å². The van der Waals surface area contributed by atoms with Gasteiger partial charge in [-0.1, -0.05) is 13.0 Å². The number of thiophene rings is 2. The molecule has 0 bridgehead atoms. The van der Waals surface area contributed by atoms with Crippen LogP contribution in [0.15, 0.2) is 57.3 Å². The Kier molecular flexibility index (Phi) is 5.23. The smallest absolute Gasteiger partial charge is 0.283 e. The Balaban J connectivity index is 1.68. The Hall–Kier alpha value is -2.97. The summed E-state index contributed by atoms with van der Waals surface area (Å²) >= 11 is 3.01. The standard InChI is InChI=1S/C20H17N3O3S2/c1-2-7-26-14-6-5-13(16(24)9-14)10-22-23-12-21-19-18(20(23)25)15(11-28-19)17-4-3-8-27-17/h3-6,8-12,24H,2,7H2,1H3/b22-10+. The number of hydrogen-bond donors (Lipinski definition) is 1. The fourth-order valence-electron chi connectivity index (χ4n) is 2.69. The molecule has 1 aromatic carbocycles. The molecular formula is C20H17N3O3S2. The van der Waals surface area contributed by atoms with Gasteiger partial charge in [0.2, 0.25) is 0 Å².